The van der Waals surface area contributed by atoms with Gasteiger partial charge in [0.2, 0.25) is 0 Å². The molecule has 4 aromatic heterocycles. The van der Waals surface area contributed by atoms with Crippen LogP contribution in [0.2, 0.25) is 0 Å². The van der Waals surface area contributed by atoms with Crippen molar-refractivity contribution in [2.45, 2.75) is 58.9 Å². The van der Waals surface area contributed by atoms with E-state index >= 15 is 0 Å². The average molecular weight is 530 g/mol. The number of aryl methyl sites for hydroxylation is 2. The Balaban J connectivity index is 1.55. The molecule has 1 aromatic carbocycles. The molecule has 188 valence electrons. The molecule has 5 aromatic rings. The lowest BCUT2D eigenvalue weighted by molar-refractivity contribution is -0.117. The maximum absolute atomic E-state index is 12.4. The van der Waals surface area contributed by atoms with Crippen LogP contribution in [-0.4, -0.2) is 31.4 Å². The van der Waals surface area contributed by atoms with Gasteiger partial charge in [-0.3, -0.25) is 4.79 Å². The topological polar surface area (TPSA) is 85.1 Å². The number of hydrogen-bond donors (Lipinski definition) is 1. The van der Waals surface area contributed by atoms with Crippen molar-refractivity contribution < 1.29 is 14.7 Å². The lowest BCUT2D eigenvalue weighted by Crippen LogP contribution is -2.09. The summed E-state index contributed by atoms with van der Waals surface area (Å²) in [5, 5.41) is 11.7. The highest BCUT2D eigenvalue weighted by atomic mass is 32.1. The van der Waals surface area contributed by atoms with Gasteiger partial charge in [0.05, 0.1) is 49.2 Å². The van der Waals surface area contributed by atoms with Crippen LogP contribution in [0.25, 0.3) is 42.9 Å². The SMILES string of the molecule is CC(=O)Cn1c(-c2ccc3nc(-c4sc(C)nc4C)ccc3c2)c(C2CCCC2)c2sc(C(=O)O)cc21. The first-order valence-electron chi connectivity index (χ1n) is 12.5. The predicted octanol–water partition coefficient (Wildman–Crippen LogP) is 7.60. The summed E-state index contributed by atoms with van der Waals surface area (Å²) in [4.78, 5) is 35.1. The molecule has 4 heterocycles. The zero-order valence-electron chi connectivity index (χ0n) is 21.0. The summed E-state index contributed by atoms with van der Waals surface area (Å²) in [6.45, 7) is 5.83. The van der Waals surface area contributed by atoms with Crippen molar-refractivity contribution in [1.29, 1.82) is 0 Å². The Morgan fingerprint density at radius 1 is 1.05 bits per heavy atom. The number of Topliss-reactive ketones (excluding diaryl/α,β-unsaturated/α-hetero) is 1. The number of aromatic nitrogens is 3. The molecule has 0 radical (unpaired) electrons. The third-order valence-electron chi connectivity index (χ3n) is 7.23. The van der Waals surface area contributed by atoms with Crippen molar-refractivity contribution >= 4 is 55.5 Å². The van der Waals surface area contributed by atoms with Gasteiger partial charge in [-0.15, -0.1) is 22.7 Å². The monoisotopic (exact) mass is 529 g/mol. The van der Waals surface area contributed by atoms with Crippen molar-refractivity contribution in [2.24, 2.45) is 0 Å². The van der Waals surface area contributed by atoms with E-state index in [1.54, 1.807) is 24.3 Å². The fraction of sp³-hybridized carbons (Fsp3) is 0.310. The Morgan fingerprint density at radius 3 is 2.51 bits per heavy atom. The second kappa shape index (κ2) is 9.19. The molecule has 0 saturated heterocycles. The van der Waals surface area contributed by atoms with Gasteiger partial charge in [-0.25, -0.2) is 14.8 Å². The molecule has 8 heteroatoms. The number of benzene rings is 1. The summed E-state index contributed by atoms with van der Waals surface area (Å²) in [6.07, 6.45) is 4.50. The number of thiazole rings is 1. The number of rotatable bonds is 6. The van der Waals surface area contributed by atoms with Gasteiger partial charge in [0.25, 0.3) is 0 Å². The van der Waals surface area contributed by atoms with E-state index in [0.717, 1.165) is 66.5 Å². The van der Waals surface area contributed by atoms with Gasteiger partial charge in [-0.05, 0) is 74.9 Å². The van der Waals surface area contributed by atoms with Crippen LogP contribution in [-0.2, 0) is 11.3 Å². The van der Waals surface area contributed by atoms with E-state index < -0.39 is 5.97 Å². The zero-order valence-corrected chi connectivity index (χ0v) is 22.6. The van der Waals surface area contributed by atoms with E-state index in [0.29, 0.717) is 10.8 Å². The Labute approximate surface area is 222 Å². The lowest BCUT2D eigenvalue weighted by atomic mass is 9.94. The van der Waals surface area contributed by atoms with Gasteiger partial charge < -0.3 is 9.67 Å². The smallest absolute Gasteiger partial charge is 0.345 e. The highest BCUT2D eigenvalue weighted by molar-refractivity contribution is 7.21. The van der Waals surface area contributed by atoms with Gasteiger partial charge in [-0.1, -0.05) is 25.0 Å². The minimum absolute atomic E-state index is 0.0431. The molecule has 0 spiro atoms. The molecule has 37 heavy (non-hydrogen) atoms. The molecular weight excluding hydrogens is 502 g/mol. The number of carboxylic acids is 1. The summed E-state index contributed by atoms with van der Waals surface area (Å²) in [7, 11) is 0. The highest BCUT2D eigenvalue weighted by Crippen LogP contribution is 2.48. The Bertz CT molecular complexity index is 1700. The number of aromatic carboxylic acids is 1. The van der Waals surface area contributed by atoms with Crippen molar-refractivity contribution in [3.63, 3.8) is 0 Å². The molecule has 1 saturated carbocycles. The molecule has 0 unspecified atom stereocenters. The Hall–Kier alpha value is -3.36. The number of pyridine rings is 1. The van der Waals surface area contributed by atoms with Crippen LogP contribution in [0.4, 0.5) is 0 Å². The van der Waals surface area contributed by atoms with E-state index in [2.05, 4.69) is 35.3 Å². The first kappa shape index (κ1) is 24.0. The lowest BCUT2D eigenvalue weighted by Gasteiger charge is -2.16. The molecule has 0 aliphatic heterocycles. The molecular formula is C29H27N3O3S2. The molecule has 6 nitrogen and oxygen atoms in total. The fourth-order valence-corrected chi connectivity index (χ4v) is 7.73. The standard InChI is InChI=1S/C29H27N3O3S2/c1-15(33)14-32-23-13-24(29(34)35)37-28(23)25(18-6-4-5-7-18)26(32)20-9-10-21-19(12-20)8-11-22(31-21)27-16(2)30-17(3)36-27/h8-13,18H,4-7,14H2,1-3H3,(H,34,35). The molecule has 1 aliphatic carbocycles. The maximum atomic E-state index is 12.4. The number of carbonyl (C=O) groups excluding carboxylic acids is 1. The largest absolute Gasteiger partial charge is 0.477 e. The van der Waals surface area contributed by atoms with Gasteiger partial charge >= 0.3 is 5.97 Å². The van der Waals surface area contributed by atoms with Gasteiger partial charge in [0.1, 0.15) is 10.7 Å². The van der Waals surface area contributed by atoms with Crippen molar-refractivity contribution in [3.05, 3.63) is 57.5 Å². The van der Waals surface area contributed by atoms with Gasteiger partial charge in [0.15, 0.2) is 0 Å². The molecule has 0 atom stereocenters. The predicted molar refractivity (Wildman–Crippen MR) is 150 cm³/mol. The van der Waals surface area contributed by atoms with Crippen molar-refractivity contribution in [1.82, 2.24) is 14.5 Å². The third-order valence-corrected chi connectivity index (χ3v) is 9.47. The summed E-state index contributed by atoms with van der Waals surface area (Å²) < 4.78 is 3.05. The quantitative estimate of drug-likeness (QED) is 0.245. The normalized spacial score (nSPS) is 14.2. The zero-order chi connectivity index (χ0) is 25.8. The second-order valence-electron chi connectivity index (χ2n) is 9.91. The summed E-state index contributed by atoms with van der Waals surface area (Å²) >= 11 is 2.99. The van der Waals surface area contributed by atoms with E-state index in [1.165, 1.54) is 29.7 Å². The van der Waals surface area contributed by atoms with E-state index in [4.69, 9.17) is 4.98 Å². The summed E-state index contributed by atoms with van der Waals surface area (Å²) in [6, 6.07) is 12.2. The second-order valence-corrected chi connectivity index (χ2v) is 12.2. The molecule has 6 rings (SSSR count). The number of nitrogens with zero attached hydrogens (tertiary/aromatic N) is 3. The van der Waals surface area contributed by atoms with Crippen LogP contribution < -0.4 is 0 Å². The minimum atomic E-state index is -0.923. The van der Waals surface area contributed by atoms with Crippen LogP contribution in [0, 0.1) is 13.8 Å². The maximum Gasteiger partial charge on any atom is 0.345 e. The first-order valence-corrected chi connectivity index (χ1v) is 14.2. The van der Waals surface area contributed by atoms with Crippen molar-refractivity contribution in [2.75, 3.05) is 0 Å². The molecule has 1 aliphatic rings. The Kier molecular flexibility index (Phi) is 5.96. The van der Waals surface area contributed by atoms with Crippen LogP contribution >= 0.6 is 22.7 Å². The molecule has 0 bridgehead atoms. The number of carbonyl (C=O) groups is 2. The first-order chi connectivity index (χ1) is 17.8. The van der Waals surface area contributed by atoms with Crippen LogP contribution in [0.1, 0.15) is 64.5 Å². The van der Waals surface area contributed by atoms with E-state index in [1.807, 2.05) is 18.4 Å². The number of hydrogen-bond acceptors (Lipinski definition) is 6. The highest BCUT2D eigenvalue weighted by Gasteiger charge is 2.30. The molecule has 0 amide bonds. The van der Waals surface area contributed by atoms with E-state index in [-0.39, 0.29) is 12.3 Å². The van der Waals surface area contributed by atoms with Gasteiger partial charge in [0, 0.05) is 5.39 Å². The van der Waals surface area contributed by atoms with Crippen LogP contribution in [0.3, 0.4) is 0 Å². The summed E-state index contributed by atoms with van der Waals surface area (Å²) in [5.41, 5.74) is 6.96. The number of ketones is 1. The Morgan fingerprint density at radius 2 is 1.84 bits per heavy atom. The summed E-state index contributed by atoms with van der Waals surface area (Å²) in [5.74, 6) is -0.519. The fourth-order valence-electron chi connectivity index (χ4n) is 5.71. The molecule has 1 N–H and O–H groups in total. The van der Waals surface area contributed by atoms with E-state index in [9.17, 15) is 14.7 Å². The number of fused-ring (bicyclic) bond motifs is 2. The number of carboxylic acid groups (broad SMARTS) is 1. The van der Waals surface area contributed by atoms with Crippen LogP contribution in [0.5, 0.6) is 0 Å². The van der Waals surface area contributed by atoms with Crippen LogP contribution in [0.15, 0.2) is 36.4 Å². The average Bonchev–Trinajstić information content (AvgIpc) is 3.63. The molecule has 1 fully saturated rings. The minimum Gasteiger partial charge on any atom is -0.477 e. The third kappa shape index (κ3) is 4.18. The number of thiophene rings is 1. The van der Waals surface area contributed by atoms with Crippen molar-refractivity contribution in [3.8, 4) is 21.8 Å². The van der Waals surface area contributed by atoms with Gasteiger partial charge in [-0.2, -0.15) is 0 Å².